The SMILES string of the molecule is CN(C)S(=O)(=O)c1cccc(NC(=O)[C@@H]2CC[C@H](CN)O2)c1.Cl. The highest BCUT2D eigenvalue weighted by Gasteiger charge is 2.30. The van der Waals surface area contributed by atoms with E-state index in [1.54, 1.807) is 12.1 Å². The maximum absolute atomic E-state index is 12.1. The van der Waals surface area contributed by atoms with E-state index in [-0.39, 0.29) is 29.3 Å². The van der Waals surface area contributed by atoms with Gasteiger partial charge in [-0.1, -0.05) is 6.07 Å². The summed E-state index contributed by atoms with van der Waals surface area (Å²) in [4.78, 5) is 12.3. The number of ether oxygens (including phenoxy) is 1. The number of carbonyl (C=O) groups is 1. The standard InChI is InChI=1S/C14H21N3O4S.ClH/c1-17(2)22(19,20)12-5-3-4-10(8-12)16-14(18)13-7-6-11(9-15)21-13;/h3-5,8,11,13H,6-7,9,15H2,1-2H3,(H,16,18);1H/t11-,13+;/m1./s1. The minimum atomic E-state index is -3.53. The van der Waals surface area contributed by atoms with Gasteiger partial charge in [0.1, 0.15) is 6.10 Å². The molecule has 1 heterocycles. The number of rotatable bonds is 5. The van der Waals surface area contributed by atoms with Crippen molar-refractivity contribution in [3.05, 3.63) is 24.3 Å². The van der Waals surface area contributed by atoms with E-state index in [1.165, 1.54) is 26.2 Å². The third-order valence-corrected chi connectivity index (χ3v) is 5.35. The minimum absolute atomic E-state index is 0. The van der Waals surface area contributed by atoms with Crippen LogP contribution in [-0.4, -0.2) is 51.5 Å². The number of hydrogen-bond donors (Lipinski definition) is 2. The first-order valence-electron chi connectivity index (χ1n) is 7.03. The van der Waals surface area contributed by atoms with Crippen LogP contribution < -0.4 is 11.1 Å². The van der Waals surface area contributed by atoms with E-state index in [0.29, 0.717) is 18.7 Å². The van der Waals surface area contributed by atoms with Crippen LogP contribution in [0.1, 0.15) is 12.8 Å². The molecule has 0 aliphatic carbocycles. The zero-order valence-electron chi connectivity index (χ0n) is 13.1. The summed E-state index contributed by atoms with van der Waals surface area (Å²) in [5.41, 5.74) is 5.94. The maximum Gasteiger partial charge on any atom is 0.253 e. The van der Waals surface area contributed by atoms with E-state index in [0.717, 1.165) is 10.7 Å². The number of nitrogens with one attached hydrogen (secondary N) is 1. The Morgan fingerprint density at radius 3 is 2.65 bits per heavy atom. The molecule has 0 bridgehead atoms. The van der Waals surface area contributed by atoms with Gasteiger partial charge in [0.15, 0.2) is 0 Å². The summed E-state index contributed by atoms with van der Waals surface area (Å²) >= 11 is 0. The topological polar surface area (TPSA) is 102 Å². The highest BCUT2D eigenvalue weighted by molar-refractivity contribution is 7.89. The molecule has 1 aliphatic heterocycles. The Kier molecular flexibility index (Phi) is 6.97. The predicted molar refractivity (Wildman–Crippen MR) is 90.1 cm³/mol. The van der Waals surface area contributed by atoms with Gasteiger partial charge in [0.05, 0.1) is 11.0 Å². The summed E-state index contributed by atoms with van der Waals surface area (Å²) in [6, 6.07) is 6.15. The van der Waals surface area contributed by atoms with Gasteiger partial charge in [-0.2, -0.15) is 0 Å². The third kappa shape index (κ3) is 4.65. The molecule has 2 rings (SSSR count). The number of halogens is 1. The van der Waals surface area contributed by atoms with Crippen molar-refractivity contribution in [1.82, 2.24) is 4.31 Å². The lowest BCUT2D eigenvalue weighted by molar-refractivity contribution is -0.126. The van der Waals surface area contributed by atoms with E-state index < -0.39 is 16.1 Å². The van der Waals surface area contributed by atoms with Crippen LogP contribution in [0.15, 0.2) is 29.2 Å². The van der Waals surface area contributed by atoms with Crippen LogP contribution in [0.5, 0.6) is 0 Å². The van der Waals surface area contributed by atoms with Crippen molar-refractivity contribution in [2.24, 2.45) is 5.73 Å². The van der Waals surface area contributed by atoms with Gasteiger partial charge in [-0.15, -0.1) is 12.4 Å². The maximum atomic E-state index is 12.1. The Morgan fingerprint density at radius 2 is 2.09 bits per heavy atom. The van der Waals surface area contributed by atoms with Gasteiger partial charge >= 0.3 is 0 Å². The van der Waals surface area contributed by atoms with E-state index in [2.05, 4.69) is 5.32 Å². The Hall–Kier alpha value is -1.19. The second-order valence-electron chi connectivity index (χ2n) is 5.36. The number of anilines is 1. The van der Waals surface area contributed by atoms with Crippen molar-refractivity contribution < 1.29 is 17.9 Å². The molecule has 1 amide bonds. The molecule has 9 heteroatoms. The summed E-state index contributed by atoms with van der Waals surface area (Å²) in [6.07, 6.45) is 0.742. The van der Waals surface area contributed by atoms with Crippen molar-refractivity contribution in [2.45, 2.75) is 29.9 Å². The average Bonchev–Trinajstić information content (AvgIpc) is 2.96. The van der Waals surface area contributed by atoms with Gasteiger partial charge < -0.3 is 15.8 Å². The fourth-order valence-electron chi connectivity index (χ4n) is 2.24. The molecule has 3 N–H and O–H groups in total. The van der Waals surface area contributed by atoms with Crippen LogP contribution in [0.25, 0.3) is 0 Å². The van der Waals surface area contributed by atoms with Gasteiger partial charge in [-0.25, -0.2) is 12.7 Å². The van der Waals surface area contributed by atoms with Crippen molar-refractivity contribution in [1.29, 1.82) is 0 Å². The summed E-state index contributed by atoms with van der Waals surface area (Å²) in [5, 5.41) is 2.69. The van der Waals surface area contributed by atoms with Crippen LogP contribution in [0.4, 0.5) is 5.69 Å². The number of benzene rings is 1. The monoisotopic (exact) mass is 363 g/mol. The molecule has 130 valence electrons. The van der Waals surface area contributed by atoms with Crippen molar-refractivity contribution >= 4 is 34.0 Å². The second kappa shape index (κ2) is 8.07. The molecule has 0 aromatic heterocycles. The lowest BCUT2D eigenvalue weighted by Gasteiger charge is -2.15. The van der Waals surface area contributed by atoms with E-state index >= 15 is 0 Å². The number of hydrogen-bond acceptors (Lipinski definition) is 5. The van der Waals surface area contributed by atoms with Crippen molar-refractivity contribution in [3.63, 3.8) is 0 Å². The summed E-state index contributed by atoms with van der Waals surface area (Å²) in [6.45, 7) is 0.389. The number of nitrogens with two attached hydrogens (primary N) is 1. The molecule has 1 aromatic carbocycles. The van der Waals surface area contributed by atoms with Gasteiger partial charge in [0, 0.05) is 26.3 Å². The first-order chi connectivity index (χ1) is 10.3. The molecular formula is C14H22ClN3O4S. The zero-order chi connectivity index (χ0) is 16.3. The first-order valence-corrected chi connectivity index (χ1v) is 8.47. The molecule has 0 saturated carbocycles. The molecule has 7 nitrogen and oxygen atoms in total. The minimum Gasteiger partial charge on any atom is -0.364 e. The molecular weight excluding hydrogens is 342 g/mol. The van der Waals surface area contributed by atoms with Crippen LogP contribution in [0, 0.1) is 0 Å². The van der Waals surface area contributed by atoms with Crippen LogP contribution in [0.3, 0.4) is 0 Å². The fraction of sp³-hybridized carbons (Fsp3) is 0.500. The van der Waals surface area contributed by atoms with Gasteiger partial charge in [0.2, 0.25) is 10.0 Å². The largest absolute Gasteiger partial charge is 0.364 e. The lowest BCUT2D eigenvalue weighted by atomic mass is 10.2. The van der Waals surface area contributed by atoms with Crippen molar-refractivity contribution in [3.8, 4) is 0 Å². The second-order valence-corrected chi connectivity index (χ2v) is 7.52. The zero-order valence-corrected chi connectivity index (χ0v) is 14.7. The summed E-state index contributed by atoms with van der Waals surface area (Å²) in [5.74, 6) is -0.282. The van der Waals surface area contributed by atoms with E-state index in [4.69, 9.17) is 10.5 Å². The van der Waals surface area contributed by atoms with E-state index in [9.17, 15) is 13.2 Å². The van der Waals surface area contributed by atoms with E-state index in [1.807, 2.05) is 0 Å². The molecule has 1 saturated heterocycles. The Balaban J connectivity index is 0.00000264. The normalized spacial score (nSPS) is 21.0. The molecule has 0 unspecified atom stereocenters. The summed E-state index contributed by atoms with van der Waals surface area (Å²) < 4.78 is 30.8. The molecule has 1 aliphatic rings. The lowest BCUT2D eigenvalue weighted by Crippen LogP contribution is -2.30. The molecule has 23 heavy (non-hydrogen) atoms. The molecule has 0 spiro atoms. The summed E-state index contributed by atoms with van der Waals surface area (Å²) in [7, 11) is -0.616. The molecule has 1 fully saturated rings. The van der Waals surface area contributed by atoms with Gasteiger partial charge in [-0.3, -0.25) is 4.79 Å². The highest BCUT2D eigenvalue weighted by atomic mass is 35.5. The third-order valence-electron chi connectivity index (χ3n) is 3.54. The highest BCUT2D eigenvalue weighted by Crippen LogP contribution is 2.22. The Labute approximate surface area is 142 Å². The Morgan fingerprint density at radius 1 is 1.39 bits per heavy atom. The number of carbonyl (C=O) groups excluding carboxylic acids is 1. The first kappa shape index (κ1) is 19.9. The molecule has 1 aromatic rings. The van der Waals surface area contributed by atoms with Crippen LogP contribution in [-0.2, 0) is 19.6 Å². The van der Waals surface area contributed by atoms with Crippen molar-refractivity contribution in [2.75, 3.05) is 26.0 Å². The molecule has 0 radical (unpaired) electrons. The van der Waals surface area contributed by atoms with Crippen LogP contribution in [0.2, 0.25) is 0 Å². The molecule has 2 atom stereocenters. The smallest absolute Gasteiger partial charge is 0.253 e. The van der Waals surface area contributed by atoms with Gasteiger partial charge in [-0.05, 0) is 31.0 Å². The Bertz CT molecular complexity index is 651. The predicted octanol–water partition coefficient (Wildman–Crippen LogP) is 0.803. The number of sulfonamides is 1. The van der Waals surface area contributed by atoms with Crippen LogP contribution >= 0.6 is 12.4 Å². The van der Waals surface area contributed by atoms with Gasteiger partial charge in [0.25, 0.3) is 5.91 Å². The quantitative estimate of drug-likeness (QED) is 0.805. The number of amides is 1. The average molecular weight is 364 g/mol. The fourth-order valence-corrected chi connectivity index (χ4v) is 3.19. The number of nitrogens with zero attached hydrogens (tertiary/aromatic N) is 1.